The van der Waals surface area contributed by atoms with Crippen LogP contribution >= 0.6 is 0 Å². The number of hydrogen-bond acceptors (Lipinski definition) is 5. The van der Waals surface area contributed by atoms with Gasteiger partial charge in [0.05, 0.1) is 14.2 Å². The van der Waals surface area contributed by atoms with Crippen molar-refractivity contribution in [1.82, 2.24) is 10.2 Å². The third-order valence-electron chi connectivity index (χ3n) is 4.95. The molecular formula is C20H27FN2O5. The van der Waals surface area contributed by atoms with Crippen molar-refractivity contribution in [3.05, 3.63) is 34.8 Å². The maximum atomic E-state index is 14.7. The Labute approximate surface area is 164 Å². The summed E-state index contributed by atoms with van der Waals surface area (Å²) in [5.41, 5.74) is 0.574. The smallest absolute Gasteiger partial charge is 0.254 e. The Kier molecular flexibility index (Phi) is 7.37. The number of alkyl halides is 1. The number of ether oxygens (including phenoxy) is 2. The molecule has 28 heavy (non-hydrogen) atoms. The molecule has 1 N–H and O–H groups in total. The van der Waals surface area contributed by atoms with Crippen LogP contribution in [0, 0.1) is 0 Å². The minimum Gasteiger partial charge on any atom is -0.497 e. The summed E-state index contributed by atoms with van der Waals surface area (Å²) in [6, 6.07) is -0.744. The van der Waals surface area contributed by atoms with Crippen LogP contribution in [0.3, 0.4) is 0 Å². The molecule has 154 valence electrons. The van der Waals surface area contributed by atoms with Crippen LogP contribution in [0.2, 0.25) is 0 Å². The average Bonchev–Trinajstić information content (AvgIpc) is 2.78. The number of methoxy groups -OCH3 is 2. The molecule has 0 aromatic carbocycles. The third-order valence-corrected chi connectivity index (χ3v) is 4.95. The van der Waals surface area contributed by atoms with Crippen molar-refractivity contribution in [3.8, 4) is 0 Å². The normalized spacial score (nSPS) is 22.8. The standard InChI is InChI=1S/C20H27FN2O5/c1-5-6-11-23(14-8-10-16(24)22-19(14)25)20(26)13-7-9-15(27-3)17(21)18(28-4)12(13)2/h7,9,14,17H,5-6,8,10-11H2,1-4H3,(H,22,24,25). The van der Waals surface area contributed by atoms with Crippen LogP contribution in [0.25, 0.3) is 0 Å². The van der Waals surface area contributed by atoms with Crippen molar-refractivity contribution in [2.75, 3.05) is 20.8 Å². The summed E-state index contributed by atoms with van der Waals surface area (Å²) in [4.78, 5) is 38.7. The first-order valence-corrected chi connectivity index (χ1v) is 9.35. The summed E-state index contributed by atoms with van der Waals surface area (Å²) in [6.07, 6.45) is 3.21. The van der Waals surface area contributed by atoms with E-state index in [-0.39, 0.29) is 35.8 Å². The second-order valence-corrected chi connectivity index (χ2v) is 6.73. The summed E-state index contributed by atoms with van der Waals surface area (Å²) in [7, 11) is 2.68. The quantitative estimate of drug-likeness (QED) is 0.669. The van der Waals surface area contributed by atoms with Crippen molar-refractivity contribution in [2.24, 2.45) is 0 Å². The Hall–Kier alpha value is -2.64. The van der Waals surface area contributed by atoms with E-state index in [0.717, 1.165) is 6.42 Å². The molecule has 7 nitrogen and oxygen atoms in total. The van der Waals surface area contributed by atoms with Crippen LogP contribution in [-0.2, 0) is 23.9 Å². The van der Waals surface area contributed by atoms with Crippen molar-refractivity contribution >= 4 is 17.7 Å². The molecule has 0 saturated carbocycles. The van der Waals surface area contributed by atoms with Gasteiger partial charge in [-0.05, 0) is 31.9 Å². The molecule has 0 aromatic rings. The molecule has 2 atom stereocenters. The molecule has 0 spiro atoms. The predicted molar refractivity (Wildman–Crippen MR) is 101 cm³/mol. The van der Waals surface area contributed by atoms with Gasteiger partial charge in [0.25, 0.3) is 5.91 Å². The summed E-state index contributed by atoms with van der Waals surface area (Å²) >= 11 is 0. The van der Waals surface area contributed by atoms with Crippen LogP contribution < -0.4 is 5.32 Å². The lowest BCUT2D eigenvalue weighted by molar-refractivity contribution is -0.144. The number of imide groups is 1. The van der Waals surface area contributed by atoms with E-state index in [9.17, 15) is 18.8 Å². The Balaban J connectivity index is 2.43. The Bertz CT molecular complexity index is 741. The van der Waals surface area contributed by atoms with Gasteiger partial charge < -0.3 is 14.4 Å². The lowest BCUT2D eigenvalue weighted by Crippen LogP contribution is -2.54. The number of piperidine rings is 1. The van der Waals surface area contributed by atoms with Crippen LogP contribution in [0.4, 0.5) is 4.39 Å². The number of carbonyl (C=O) groups excluding carboxylic acids is 3. The highest BCUT2D eigenvalue weighted by molar-refractivity contribution is 6.05. The van der Waals surface area contributed by atoms with Crippen LogP contribution in [0.15, 0.2) is 34.8 Å². The van der Waals surface area contributed by atoms with E-state index in [1.54, 1.807) is 6.92 Å². The molecule has 2 unspecified atom stereocenters. The summed E-state index contributed by atoms with van der Waals surface area (Å²) < 4.78 is 24.9. The number of amides is 3. The molecule has 1 fully saturated rings. The minimum absolute atomic E-state index is 0.0103. The lowest BCUT2D eigenvalue weighted by Gasteiger charge is -2.33. The maximum Gasteiger partial charge on any atom is 0.254 e. The van der Waals surface area contributed by atoms with Crippen molar-refractivity contribution in [2.45, 2.75) is 51.7 Å². The molecular weight excluding hydrogens is 367 g/mol. The molecule has 1 saturated heterocycles. The number of unbranched alkanes of at least 4 members (excludes halogenated alkanes) is 1. The number of nitrogens with zero attached hydrogens (tertiary/aromatic N) is 1. The van der Waals surface area contributed by atoms with E-state index in [1.165, 1.54) is 31.3 Å². The molecule has 1 aliphatic carbocycles. The number of allylic oxidation sites excluding steroid dienone is 2. The number of hydrogen-bond donors (Lipinski definition) is 1. The highest BCUT2D eigenvalue weighted by atomic mass is 19.1. The lowest BCUT2D eigenvalue weighted by atomic mass is 9.99. The Morgan fingerprint density at radius 2 is 2.00 bits per heavy atom. The number of carbonyl (C=O) groups is 3. The fraction of sp³-hybridized carbons (Fsp3) is 0.550. The summed E-state index contributed by atoms with van der Waals surface area (Å²) in [5.74, 6) is -1.22. The zero-order valence-electron chi connectivity index (χ0n) is 16.7. The van der Waals surface area contributed by atoms with E-state index < -0.39 is 24.0 Å². The molecule has 3 amide bonds. The van der Waals surface area contributed by atoms with Crippen LogP contribution in [0.5, 0.6) is 0 Å². The Morgan fingerprint density at radius 1 is 1.29 bits per heavy atom. The summed E-state index contributed by atoms with van der Waals surface area (Å²) in [5, 5.41) is 2.29. The third kappa shape index (κ3) is 4.43. The number of nitrogens with one attached hydrogen (secondary N) is 1. The van der Waals surface area contributed by atoms with Gasteiger partial charge in [-0.25, -0.2) is 4.39 Å². The second kappa shape index (κ2) is 9.52. The van der Waals surface area contributed by atoms with E-state index in [0.29, 0.717) is 18.5 Å². The molecule has 0 radical (unpaired) electrons. The van der Waals surface area contributed by atoms with E-state index in [2.05, 4.69) is 5.32 Å². The first-order valence-electron chi connectivity index (χ1n) is 9.35. The fourth-order valence-corrected chi connectivity index (χ4v) is 3.35. The van der Waals surface area contributed by atoms with Crippen molar-refractivity contribution in [1.29, 1.82) is 0 Å². The minimum atomic E-state index is -1.63. The monoisotopic (exact) mass is 394 g/mol. The first kappa shape index (κ1) is 21.7. The molecule has 0 aromatic heterocycles. The average molecular weight is 394 g/mol. The first-order chi connectivity index (χ1) is 13.3. The highest BCUT2D eigenvalue weighted by Crippen LogP contribution is 2.30. The van der Waals surface area contributed by atoms with E-state index in [1.807, 2.05) is 6.92 Å². The molecule has 2 aliphatic rings. The zero-order chi connectivity index (χ0) is 20.8. The SMILES string of the molecule is CCCCN(C(=O)C1=CC=C(OC)C(F)C(OC)=C1C)C1CCC(=O)NC1=O. The van der Waals surface area contributed by atoms with Crippen LogP contribution in [0.1, 0.15) is 39.5 Å². The molecule has 8 heteroatoms. The van der Waals surface area contributed by atoms with Gasteiger partial charge in [-0.1, -0.05) is 13.3 Å². The van der Waals surface area contributed by atoms with Crippen molar-refractivity contribution in [3.63, 3.8) is 0 Å². The van der Waals surface area contributed by atoms with Crippen LogP contribution in [-0.4, -0.2) is 55.6 Å². The summed E-state index contributed by atoms with van der Waals surface area (Å²) in [6.45, 7) is 3.94. The predicted octanol–water partition coefficient (Wildman–Crippen LogP) is 2.15. The van der Waals surface area contributed by atoms with Gasteiger partial charge in [-0.15, -0.1) is 0 Å². The molecule has 1 heterocycles. The van der Waals surface area contributed by atoms with Gasteiger partial charge in [0.2, 0.25) is 18.0 Å². The largest absolute Gasteiger partial charge is 0.497 e. The molecule has 1 aliphatic heterocycles. The topological polar surface area (TPSA) is 84.9 Å². The second-order valence-electron chi connectivity index (χ2n) is 6.73. The van der Waals surface area contributed by atoms with Gasteiger partial charge >= 0.3 is 0 Å². The number of halogens is 1. The van der Waals surface area contributed by atoms with Gasteiger partial charge in [0.1, 0.15) is 17.6 Å². The fourth-order valence-electron chi connectivity index (χ4n) is 3.35. The number of rotatable bonds is 7. The molecule has 2 rings (SSSR count). The van der Waals surface area contributed by atoms with Gasteiger partial charge in [0.15, 0.2) is 0 Å². The van der Waals surface area contributed by atoms with Crippen molar-refractivity contribution < 1.29 is 28.2 Å². The Morgan fingerprint density at radius 3 is 2.57 bits per heavy atom. The maximum absolute atomic E-state index is 14.7. The van der Waals surface area contributed by atoms with E-state index >= 15 is 0 Å². The molecule has 0 bridgehead atoms. The van der Waals surface area contributed by atoms with E-state index in [4.69, 9.17) is 9.47 Å². The zero-order valence-corrected chi connectivity index (χ0v) is 16.7. The van der Waals surface area contributed by atoms with Gasteiger partial charge in [-0.3, -0.25) is 19.7 Å². The van der Waals surface area contributed by atoms with Gasteiger partial charge in [-0.2, -0.15) is 0 Å². The highest BCUT2D eigenvalue weighted by Gasteiger charge is 2.37. The van der Waals surface area contributed by atoms with Gasteiger partial charge in [0, 0.05) is 24.1 Å².